The van der Waals surface area contributed by atoms with E-state index in [1.54, 1.807) is 0 Å². The van der Waals surface area contributed by atoms with Gasteiger partial charge in [-0.3, -0.25) is 9.98 Å². The van der Waals surface area contributed by atoms with Crippen molar-refractivity contribution in [3.63, 3.8) is 0 Å². The molecule has 6 heteroatoms. The second kappa shape index (κ2) is 6.83. The van der Waals surface area contributed by atoms with E-state index in [1.807, 2.05) is 41.4 Å². The molecule has 2 fully saturated rings. The van der Waals surface area contributed by atoms with Crippen LogP contribution < -0.4 is 11.1 Å². The summed E-state index contributed by atoms with van der Waals surface area (Å²) in [4.78, 5) is 24.0. The van der Waals surface area contributed by atoms with Crippen molar-refractivity contribution >= 4 is 28.3 Å². The van der Waals surface area contributed by atoms with Gasteiger partial charge in [0.1, 0.15) is 0 Å². The molecule has 0 radical (unpaired) electrons. The lowest BCUT2D eigenvalue weighted by atomic mass is 9.80. The van der Waals surface area contributed by atoms with Crippen LogP contribution in [0.25, 0.3) is 16.6 Å². The number of fused-ring (bicyclic) bond motifs is 1. The van der Waals surface area contributed by atoms with Gasteiger partial charge in [-0.1, -0.05) is 32.0 Å². The Labute approximate surface area is 177 Å². The molecule has 3 N–H and O–H groups in total. The molecule has 0 bridgehead atoms. The number of pyridine rings is 1. The molecule has 1 aromatic carbocycles. The van der Waals surface area contributed by atoms with E-state index < -0.39 is 0 Å². The summed E-state index contributed by atoms with van der Waals surface area (Å²) in [6.45, 7) is 6.66. The van der Waals surface area contributed by atoms with E-state index in [1.165, 1.54) is 0 Å². The lowest BCUT2D eigenvalue weighted by Gasteiger charge is -2.25. The number of rotatable bonds is 3. The minimum Gasteiger partial charge on any atom is -0.398 e. The highest BCUT2D eigenvalue weighted by Gasteiger charge is 2.49. The molecule has 30 heavy (non-hydrogen) atoms. The van der Waals surface area contributed by atoms with Crippen molar-refractivity contribution in [2.75, 3.05) is 19.6 Å². The average molecular weight is 404 g/mol. The number of nitrogens with one attached hydrogen (secondary N) is 1. The summed E-state index contributed by atoms with van der Waals surface area (Å²) < 4.78 is 0. The minimum atomic E-state index is -0.0781. The fourth-order valence-electron chi connectivity index (χ4n) is 4.76. The van der Waals surface area contributed by atoms with Gasteiger partial charge < -0.3 is 16.0 Å². The molecular formula is C24H29N5O. The van der Waals surface area contributed by atoms with E-state index in [-0.39, 0.29) is 16.9 Å². The van der Waals surface area contributed by atoms with Crippen LogP contribution in [0.15, 0.2) is 47.6 Å². The summed E-state index contributed by atoms with van der Waals surface area (Å²) in [5, 5.41) is 4.26. The summed E-state index contributed by atoms with van der Waals surface area (Å²) in [7, 11) is 0. The molecule has 1 aliphatic carbocycles. The van der Waals surface area contributed by atoms with Crippen molar-refractivity contribution in [2.24, 2.45) is 21.6 Å². The number of carbonyl (C=O) groups excluding carboxylic acids is 1. The van der Waals surface area contributed by atoms with E-state index in [0.29, 0.717) is 18.3 Å². The maximum absolute atomic E-state index is 12.7. The molecule has 2 aliphatic heterocycles. The number of benzene rings is 1. The van der Waals surface area contributed by atoms with Crippen LogP contribution in [0.1, 0.15) is 38.7 Å². The quantitative estimate of drug-likeness (QED) is 0.822. The SMILES string of the molecule is CC1(C)CC1NC(=O)N1CCC2(CCN=C2C=C(N)c2cnc3ccccc3c2)C1. The third-order valence-electron chi connectivity index (χ3n) is 7.08. The topological polar surface area (TPSA) is 83.6 Å². The van der Waals surface area contributed by atoms with Crippen LogP contribution in [0.5, 0.6) is 0 Å². The number of carbonyl (C=O) groups is 1. The number of urea groups is 1. The number of nitrogens with zero attached hydrogens (tertiary/aromatic N) is 3. The van der Waals surface area contributed by atoms with Gasteiger partial charge in [0.2, 0.25) is 0 Å². The Morgan fingerprint density at radius 2 is 2.10 bits per heavy atom. The summed E-state index contributed by atoms with van der Waals surface area (Å²) in [6, 6.07) is 10.5. The van der Waals surface area contributed by atoms with Crippen LogP contribution >= 0.6 is 0 Å². The molecule has 1 saturated heterocycles. The smallest absolute Gasteiger partial charge is 0.317 e. The monoisotopic (exact) mass is 403 g/mol. The fourth-order valence-corrected chi connectivity index (χ4v) is 4.76. The maximum atomic E-state index is 12.7. The number of hydrogen-bond acceptors (Lipinski definition) is 4. The van der Waals surface area contributed by atoms with Gasteiger partial charge in [0.15, 0.2) is 0 Å². The van der Waals surface area contributed by atoms with Gasteiger partial charge >= 0.3 is 6.03 Å². The first kappa shape index (κ1) is 19.1. The number of allylic oxidation sites excluding steroid dienone is 1. The second-order valence-electron chi connectivity index (χ2n) is 9.68. The van der Waals surface area contributed by atoms with Gasteiger partial charge in [0.05, 0.1) is 5.52 Å². The first-order chi connectivity index (χ1) is 14.4. The van der Waals surface area contributed by atoms with Crippen LogP contribution in [-0.4, -0.2) is 47.3 Å². The Hall–Kier alpha value is -2.89. The molecule has 3 aliphatic rings. The normalized spacial score (nSPS) is 27.5. The lowest BCUT2D eigenvalue weighted by Crippen LogP contribution is -2.42. The number of para-hydroxylation sites is 1. The van der Waals surface area contributed by atoms with Crippen LogP contribution in [-0.2, 0) is 0 Å². The van der Waals surface area contributed by atoms with E-state index in [2.05, 4.69) is 30.2 Å². The van der Waals surface area contributed by atoms with E-state index >= 15 is 0 Å². The Morgan fingerprint density at radius 1 is 1.30 bits per heavy atom. The molecular weight excluding hydrogens is 374 g/mol. The Morgan fingerprint density at radius 3 is 2.90 bits per heavy atom. The van der Waals surface area contributed by atoms with Crippen LogP contribution in [0, 0.1) is 10.8 Å². The van der Waals surface area contributed by atoms with Gasteiger partial charge in [0, 0.05) is 59.6 Å². The first-order valence-electron chi connectivity index (χ1n) is 10.8. The molecule has 5 rings (SSSR count). The molecule has 1 aromatic heterocycles. The highest BCUT2D eigenvalue weighted by Crippen LogP contribution is 2.45. The lowest BCUT2D eigenvalue weighted by molar-refractivity contribution is 0.203. The van der Waals surface area contributed by atoms with Crippen molar-refractivity contribution in [1.82, 2.24) is 15.2 Å². The van der Waals surface area contributed by atoms with E-state index in [4.69, 9.17) is 10.7 Å². The molecule has 6 nitrogen and oxygen atoms in total. The van der Waals surface area contributed by atoms with E-state index in [9.17, 15) is 4.79 Å². The molecule has 3 heterocycles. The largest absolute Gasteiger partial charge is 0.398 e. The van der Waals surface area contributed by atoms with Gasteiger partial charge in [-0.25, -0.2) is 4.79 Å². The molecule has 1 saturated carbocycles. The van der Waals surface area contributed by atoms with Gasteiger partial charge in [-0.15, -0.1) is 0 Å². The number of aliphatic imine (C=N–C) groups is 1. The zero-order valence-corrected chi connectivity index (χ0v) is 17.7. The minimum absolute atomic E-state index is 0.0596. The Kier molecular flexibility index (Phi) is 4.34. The summed E-state index contributed by atoms with van der Waals surface area (Å²) in [6.07, 6.45) is 6.80. The van der Waals surface area contributed by atoms with Gasteiger partial charge in [0.25, 0.3) is 0 Å². The highest BCUT2D eigenvalue weighted by molar-refractivity contribution is 6.06. The van der Waals surface area contributed by atoms with Gasteiger partial charge in [-0.05, 0) is 42.9 Å². The third kappa shape index (κ3) is 3.34. The summed E-state index contributed by atoms with van der Waals surface area (Å²) >= 11 is 0. The number of amides is 2. The molecule has 2 atom stereocenters. The Bertz CT molecular complexity index is 1070. The second-order valence-corrected chi connectivity index (χ2v) is 9.68. The van der Waals surface area contributed by atoms with Gasteiger partial charge in [-0.2, -0.15) is 0 Å². The highest BCUT2D eigenvalue weighted by atomic mass is 16.2. The predicted molar refractivity (Wildman–Crippen MR) is 120 cm³/mol. The van der Waals surface area contributed by atoms with Crippen molar-refractivity contribution in [3.8, 4) is 0 Å². The summed E-state index contributed by atoms with van der Waals surface area (Å²) in [5.41, 5.74) is 10.2. The number of hydrogen-bond donors (Lipinski definition) is 2. The van der Waals surface area contributed by atoms with Crippen molar-refractivity contribution in [1.29, 1.82) is 0 Å². The van der Waals surface area contributed by atoms with Crippen molar-refractivity contribution in [3.05, 3.63) is 48.2 Å². The van der Waals surface area contributed by atoms with Crippen molar-refractivity contribution in [2.45, 2.75) is 39.2 Å². The standard InChI is InChI=1S/C24H29N5O/c1-23(2)13-21(23)28-22(30)29-10-8-24(15-29)7-9-26-20(24)12-18(25)17-11-16-5-3-4-6-19(16)27-14-17/h3-6,11-12,14,21H,7-10,13,15,25H2,1-2H3,(H,28,30). The van der Waals surface area contributed by atoms with Crippen LogP contribution in [0.2, 0.25) is 0 Å². The van der Waals surface area contributed by atoms with Crippen LogP contribution in [0.3, 0.4) is 0 Å². The third-order valence-corrected chi connectivity index (χ3v) is 7.08. The van der Waals surface area contributed by atoms with Crippen LogP contribution in [0.4, 0.5) is 4.79 Å². The first-order valence-corrected chi connectivity index (χ1v) is 10.8. The predicted octanol–water partition coefficient (Wildman–Crippen LogP) is 3.58. The maximum Gasteiger partial charge on any atom is 0.317 e. The Balaban J connectivity index is 1.32. The molecule has 1 spiro atoms. The zero-order chi connectivity index (χ0) is 20.9. The molecule has 156 valence electrons. The summed E-state index contributed by atoms with van der Waals surface area (Å²) in [5.74, 6) is 0. The average Bonchev–Trinajstić information content (AvgIpc) is 3.08. The molecule has 2 amide bonds. The number of aromatic nitrogens is 1. The fraction of sp³-hybridized carbons (Fsp3) is 0.458. The molecule has 2 unspecified atom stereocenters. The number of likely N-dealkylation sites (tertiary alicyclic amines) is 1. The zero-order valence-electron chi connectivity index (χ0n) is 17.7. The molecule has 2 aromatic rings. The van der Waals surface area contributed by atoms with E-state index in [0.717, 1.165) is 54.5 Å². The number of nitrogens with two attached hydrogens (primary N) is 1. The van der Waals surface area contributed by atoms with Crippen molar-refractivity contribution < 1.29 is 4.79 Å².